The Morgan fingerprint density at radius 3 is 2.78 bits per heavy atom. The van der Waals surface area contributed by atoms with Crippen molar-refractivity contribution in [3.8, 4) is 5.75 Å². The van der Waals surface area contributed by atoms with Gasteiger partial charge in [-0.05, 0) is 43.0 Å². The molecule has 2 rings (SSSR count). The van der Waals surface area contributed by atoms with Gasteiger partial charge in [-0.1, -0.05) is 6.07 Å². The van der Waals surface area contributed by atoms with Gasteiger partial charge in [0.2, 0.25) is 0 Å². The van der Waals surface area contributed by atoms with Crippen molar-refractivity contribution in [2.24, 2.45) is 0 Å². The first kappa shape index (κ1) is 12.7. The third-order valence-electron chi connectivity index (χ3n) is 3.50. The Morgan fingerprint density at radius 1 is 1.39 bits per heavy atom. The number of ether oxygens (including phenoxy) is 2. The summed E-state index contributed by atoms with van der Waals surface area (Å²) < 4.78 is 10.0. The van der Waals surface area contributed by atoms with Crippen molar-refractivity contribution in [1.29, 1.82) is 0 Å². The van der Waals surface area contributed by atoms with E-state index in [0.29, 0.717) is 0 Å². The molecule has 98 valence electrons. The number of amides is 1. The highest BCUT2D eigenvalue weighted by atomic mass is 16.5. The Hall–Kier alpha value is -1.71. The van der Waals surface area contributed by atoms with E-state index in [4.69, 9.17) is 9.47 Å². The molecule has 1 heterocycles. The van der Waals surface area contributed by atoms with Gasteiger partial charge in [-0.3, -0.25) is 0 Å². The molecule has 1 aliphatic rings. The van der Waals surface area contributed by atoms with Crippen LogP contribution in [0.15, 0.2) is 18.2 Å². The number of hydrogen-bond acceptors (Lipinski definition) is 3. The number of rotatable bonds is 2. The topological polar surface area (TPSA) is 38.8 Å². The Kier molecular flexibility index (Phi) is 3.75. The van der Waals surface area contributed by atoms with Gasteiger partial charge in [0, 0.05) is 6.54 Å². The fourth-order valence-corrected chi connectivity index (χ4v) is 2.57. The Bertz CT molecular complexity index is 445. The minimum Gasteiger partial charge on any atom is -0.497 e. The number of carbonyl (C=O) groups is 1. The largest absolute Gasteiger partial charge is 0.497 e. The molecule has 0 N–H and O–H groups in total. The van der Waals surface area contributed by atoms with E-state index in [1.807, 2.05) is 25.1 Å². The molecule has 18 heavy (non-hydrogen) atoms. The van der Waals surface area contributed by atoms with Crippen molar-refractivity contribution in [2.45, 2.75) is 25.8 Å². The minimum absolute atomic E-state index is 0.128. The second kappa shape index (κ2) is 5.29. The zero-order valence-corrected chi connectivity index (χ0v) is 11.1. The van der Waals surface area contributed by atoms with Crippen LogP contribution in [0.4, 0.5) is 4.79 Å². The predicted molar refractivity (Wildman–Crippen MR) is 68.8 cm³/mol. The summed E-state index contributed by atoms with van der Waals surface area (Å²) in [6.45, 7) is 2.81. The zero-order valence-electron chi connectivity index (χ0n) is 11.1. The van der Waals surface area contributed by atoms with Gasteiger partial charge in [0.15, 0.2) is 0 Å². The second-order valence-corrected chi connectivity index (χ2v) is 4.54. The summed E-state index contributed by atoms with van der Waals surface area (Å²) in [6.07, 6.45) is 1.76. The quantitative estimate of drug-likeness (QED) is 0.809. The number of carbonyl (C=O) groups excluding carboxylic acids is 1. The number of methoxy groups -OCH3 is 2. The molecule has 1 unspecified atom stereocenters. The monoisotopic (exact) mass is 249 g/mol. The summed E-state index contributed by atoms with van der Waals surface area (Å²) in [7, 11) is 3.09. The van der Waals surface area contributed by atoms with Crippen LogP contribution in [0.2, 0.25) is 0 Å². The normalized spacial score (nSPS) is 18.8. The van der Waals surface area contributed by atoms with Crippen LogP contribution in [-0.2, 0) is 4.74 Å². The summed E-state index contributed by atoms with van der Waals surface area (Å²) in [4.78, 5) is 13.5. The first-order valence-corrected chi connectivity index (χ1v) is 6.16. The van der Waals surface area contributed by atoms with Crippen molar-refractivity contribution >= 4 is 6.09 Å². The zero-order chi connectivity index (χ0) is 13.1. The first-order chi connectivity index (χ1) is 8.67. The van der Waals surface area contributed by atoms with Gasteiger partial charge in [-0.2, -0.15) is 0 Å². The van der Waals surface area contributed by atoms with E-state index >= 15 is 0 Å². The van der Waals surface area contributed by atoms with Crippen LogP contribution in [-0.4, -0.2) is 31.8 Å². The summed E-state index contributed by atoms with van der Waals surface area (Å²) in [6, 6.07) is 6.11. The van der Waals surface area contributed by atoms with E-state index in [-0.39, 0.29) is 12.1 Å². The Balaban J connectivity index is 2.27. The fourth-order valence-electron chi connectivity index (χ4n) is 2.57. The lowest BCUT2D eigenvalue weighted by Gasteiger charge is -2.25. The van der Waals surface area contributed by atoms with Crippen LogP contribution in [0.5, 0.6) is 5.75 Å². The molecule has 4 heteroatoms. The highest BCUT2D eigenvalue weighted by Gasteiger charge is 2.31. The number of likely N-dealkylation sites (tertiary alicyclic amines) is 1. The highest BCUT2D eigenvalue weighted by molar-refractivity contribution is 5.68. The van der Waals surface area contributed by atoms with E-state index in [0.717, 1.165) is 30.7 Å². The average molecular weight is 249 g/mol. The molecule has 0 spiro atoms. The van der Waals surface area contributed by atoms with Crippen LogP contribution in [0.25, 0.3) is 0 Å². The molecule has 1 aromatic carbocycles. The molecule has 1 amide bonds. The summed E-state index contributed by atoms with van der Waals surface area (Å²) >= 11 is 0. The Morgan fingerprint density at radius 2 is 2.17 bits per heavy atom. The van der Waals surface area contributed by atoms with Crippen LogP contribution < -0.4 is 4.74 Å². The number of hydrogen-bond donors (Lipinski definition) is 0. The molecule has 1 atom stereocenters. The molecule has 1 saturated heterocycles. The molecule has 0 radical (unpaired) electrons. The molecule has 1 aromatic rings. The maximum absolute atomic E-state index is 11.7. The van der Waals surface area contributed by atoms with E-state index in [1.165, 1.54) is 12.7 Å². The van der Waals surface area contributed by atoms with Gasteiger partial charge in [-0.25, -0.2) is 4.79 Å². The van der Waals surface area contributed by atoms with E-state index < -0.39 is 0 Å². The van der Waals surface area contributed by atoms with Crippen molar-refractivity contribution in [1.82, 2.24) is 4.90 Å². The molecular weight excluding hydrogens is 230 g/mol. The second-order valence-electron chi connectivity index (χ2n) is 4.54. The molecule has 1 fully saturated rings. The van der Waals surface area contributed by atoms with Gasteiger partial charge in [0.25, 0.3) is 0 Å². The summed E-state index contributed by atoms with van der Waals surface area (Å²) in [5.41, 5.74) is 2.33. The lowest BCUT2D eigenvalue weighted by atomic mass is 9.99. The summed E-state index contributed by atoms with van der Waals surface area (Å²) in [5, 5.41) is 0. The van der Waals surface area contributed by atoms with Gasteiger partial charge in [0.05, 0.1) is 20.3 Å². The molecule has 0 aromatic heterocycles. The van der Waals surface area contributed by atoms with Crippen molar-refractivity contribution in [2.75, 3.05) is 20.8 Å². The van der Waals surface area contributed by atoms with Crippen LogP contribution in [0, 0.1) is 6.92 Å². The number of benzene rings is 1. The lowest BCUT2D eigenvalue weighted by molar-refractivity contribution is 0.119. The number of nitrogens with zero attached hydrogens (tertiary/aromatic N) is 1. The first-order valence-electron chi connectivity index (χ1n) is 6.16. The van der Waals surface area contributed by atoms with E-state index in [9.17, 15) is 4.79 Å². The van der Waals surface area contributed by atoms with Crippen molar-refractivity contribution in [3.05, 3.63) is 29.3 Å². The summed E-state index contributed by atoms with van der Waals surface area (Å²) in [5.74, 6) is 0.846. The maximum atomic E-state index is 11.7. The molecule has 4 nitrogen and oxygen atoms in total. The SMILES string of the molecule is COC(=O)N1CCCC1c1ccc(OC)cc1C. The third-order valence-corrected chi connectivity index (χ3v) is 3.50. The lowest BCUT2D eigenvalue weighted by Crippen LogP contribution is -2.30. The molecule has 0 saturated carbocycles. The van der Waals surface area contributed by atoms with Gasteiger partial charge < -0.3 is 14.4 Å². The van der Waals surface area contributed by atoms with Crippen LogP contribution in [0.1, 0.15) is 30.0 Å². The van der Waals surface area contributed by atoms with Crippen LogP contribution in [0.3, 0.4) is 0 Å². The maximum Gasteiger partial charge on any atom is 0.409 e. The van der Waals surface area contributed by atoms with Crippen LogP contribution >= 0.6 is 0 Å². The van der Waals surface area contributed by atoms with Gasteiger partial charge >= 0.3 is 6.09 Å². The molecular formula is C14H19NO3. The number of aryl methyl sites for hydroxylation is 1. The molecule has 0 bridgehead atoms. The minimum atomic E-state index is -0.243. The van der Waals surface area contributed by atoms with E-state index in [1.54, 1.807) is 12.0 Å². The van der Waals surface area contributed by atoms with Crippen molar-refractivity contribution < 1.29 is 14.3 Å². The van der Waals surface area contributed by atoms with Gasteiger partial charge in [-0.15, -0.1) is 0 Å². The highest BCUT2D eigenvalue weighted by Crippen LogP contribution is 2.35. The predicted octanol–water partition coefficient (Wildman–Crippen LogP) is 2.91. The molecule has 1 aliphatic heterocycles. The standard InChI is InChI=1S/C14H19NO3/c1-10-9-11(17-2)6-7-12(10)13-5-4-8-15(13)14(16)18-3/h6-7,9,13H,4-5,8H2,1-3H3. The van der Waals surface area contributed by atoms with Gasteiger partial charge in [0.1, 0.15) is 5.75 Å². The average Bonchev–Trinajstić information content (AvgIpc) is 2.86. The third kappa shape index (κ3) is 2.28. The van der Waals surface area contributed by atoms with E-state index in [2.05, 4.69) is 0 Å². The smallest absolute Gasteiger partial charge is 0.409 e. The fraction of sp³-hybridized carbons (Fsp3) is 0.500. The van der Waals surface area contributed by atoms with Crippen molar-refractivity contribution in [3.63, 3.8) is 0 Å². The Labute approximate surface area is 107 Å². The molecule has 0 aliphatic carbocycles.